The molecule has 1 aromatic carbocycles. The summed E-state index contributed by atoms with van der Waals surface area (Å²) in [6.45, 7) is 4.25. The third-order valence-corrected chi connectivity index (χ3v) is 6.48. The van der Waals surface area contributed by atoms with Gasteiger partial charge in [-0.25, -0.2) is 0 Å². The maximum absolute atomic E-state index is 6.08. The number of thiophene rings is 1. The molecule has 3 aromatic heterocycles. The Morgan fingerprint density at radius 3 is 2.89 bits per heavy atom. The predicted molar refractivity (Wildman–Crippen MR) is 108 cm³/mol. The van der Waals surface area contributed by atoms with Crippen LogP contribution in [0.25, 0.3) is 16.5 Å². The molecule has 0 saturated carbocycles. The van der Waals surface area contributed by atoms with Gasteiger partial charge in [-0.3, -0.25) is 4.57 Å². The van der Waals surface area contributed by atoms with Crippen LogP contribution in [0.15, 0.2) is 46.2 Å². The Hall–Kier alpha value is -2.16. The molecule has 0 N–H and O–H groups in total. The number of halogens is 1. The lowest BCUT2D eigenvalue weighted by molar-refractivity contribution is 0.529. The van der Waals surface area contributed by atoms with Crippen molar-refractivity contribution in [2.75, 3.05) is 0 Å². The first-order valence-corrected chi connectivity index (χ1v) is 10.5. The Morgan fingerprint density at radius 1 is 1.22 bits per heavy atom. The van der Waals surface area contributed by atoms with Gasteiger partial charge in [-0.2, -0.15) is 0 Å². The maximum Gasteiger partial charge on any atom is 0.257 e. The molecule has 0 amide bonds. The number of benzene rings is 1. The van der Waals surface area contributed by atoms with Gasteiger partial charge in [0.05, 0.1) is 16.3 Å². The highest BCUT2D eigenvalue weighted by atomic mass is 35.5. The smallest absolute Gasteiger partial charge is 0.257 e. The first kappa shape index (κ1) is 18.2. The van der Waals surface area contributed by atoms with Crippen molar-refractivity contribution < 1.29 is 4.42 Å². The first-order chi connectivity index (χ1) is 13.1. The van der Waals surface area contributed by atoms with Gasteiger partial charge in [0, 0.05) is 9.90 Å². The summed E-state index contributed by atoms with van der Waals surface area (Å²) in [5.74, 6) is 1.63. The van der Waals surface area contributed by atoms with E-state index in [0.29, 0.717) is 22.6 Å². The zero-order chi connectivity index (χ0) is 18.8. The van der Waals surface area contributed by atoms with Crippen LogP contribution in [0.3, 0.4) is 0 Å². The van der Waals surface area contributed by atoms with Crippen LogP contribution in [-0.2, 0) is 12.2 Å². The van der Waals surface area contributed by atoms with E-state index in [9.17, 15) is 0 Å². The molecule has 27 heavy (non-hydrogen) atoms. The molecule has 0 atom stereocenters. The lowest BCUT2D eigenvalue weighted by Gasteiger charge is -2.05. The number of hydrogen-bond acceptors (Lipinski definition) is 7. The molecule has 9 heteroatoms. The summed E-state index contributed by atoms with van der Waals surface area (Å²) in [7, 11) is 0. The van der Waals surface area contributed by atoms with Gasteiger partial charge >= 0.3 is 0 Å². The molecule has 0 radical (unpaired) electrons. The quantitative estimate of drug-likeness (QED) is 0.402. The Bertz CT molecular complexity index is 1070. The molecule has 138 valence electrons. The summed E-state index contributed by atoms with van der Waals surface area (Å²) in [5, 5.41) is 17.9. The third-order valence-electron chi connectivity index (χ3n) is 3.95. The SMILES string of the molecule is CCc1sc(-c2nnc(CSc3nncn3-c3cccc(Cl)c3)o2)cc1C. The van der Waals surface area contributed by atoms with Crippen LogP contribution in [0.2, 0.25) is 5.02 Å². The summed E-state index contributed by atoms with van der Waals surface area (Å²) < 4.78 is 7.71. The monoisotopic (exact) mass is 417 g/mol. The largest absolute Gasteiger partial charge is 0.419 e. The van der Waals surface area contributed by atoms with Crippen molar-refractivity contribution in [3.05, 3.63) is 58.0 Å². The van der Waals surface area contributed by atoms with Crippen LogP contribution in [-0.4, -0.2) is 25.0 Å². The van der Waals surface area contributed by atoms with Gasteiger partial charge in [0.25, 0.3) is 5.89 Å². The van der Waals surface area contributed by atoms with Crippen LogP contribution < -0.4 is 0 Å². The molecule has 0 aliphatic carbocycles. The standard InChI is InChI=1S/C18H16ClN5OS2/c1-3-14-11(2)7-15(27-14)17-22-21-16(25-17)9-26-18-23-20-10-24(18)13-6-4-5-12(19)8-13/h4-8,10H,3,9H2,1-2H3. The molecule has 0 unspecified atom stereocenters. The van der Waals surface area contributed by atoms with Crippen molar-refractivity contribution in [1.82, 2.24) is 25.0 Å². The number of rotatable bonds is 6. The number of aryl methyl sites for hydroxylation is 2. The zero-order valence-corrected chi connectivity index (χ0v) is 17.1. The normalized spacial score (nSPS) is 11.2. The molecule has 4 rings (SSSR count). The highest BCUT2D eigenvalue weighted by Crippen LogP contribution is 2.32. The van der Waals surface area contributed by atoms with Gasteiger partial charge < -0.3 is 4.42 Å². The Balaban J connectivity index is 1.49. The van der Waals surface area contributed by atoms with Crippen molar-refractivity contribution in [3.63, 3.8) is 0 Å². The van der Waals surface area contributed by atoms with E-state index in [1.54, 1.807) is 17.7 Å². The topological polar surface area (TPSA) is 69.6 Å². The van der Waals surface area contributed by atoms with Gasteiger partial charge in [0.1, 0.15) is 6.33 Å². The van der Waals surface area contributed by atoms with Gasteiger partial charge in [-0.1, -0.05) is 36.4 Å². The van der Waals surface area contributed by atoms with E-state index in [4.69, 9.17) is 16.0 Å². The zero-order valence-electron chi connectivity index (χ0n) is 14.7. The van der Waals surface area contributed by atoms with E-state index < -0.39 is 0 Å². The van der Waals surface area contributed by atoms with Gasteiger partial charge in [0.2, 0.25) is 5.89 Å². The average molecular weight is 418 g/mol. The average Bonchev–Trinajstić information content (AvgIpc) is 3.39. The number of aromatic nitrogens is 5. The number of thioether (sulfide) groups is 1. The molecular formula is C18H16ClN5OS2. The molecule has 0 saturated heterocycles. The van der Waals surface area contributed by atoms with Crippen molar-refractivity contribution in [2.24, 2.45) is 0 Å². The molecule has 0 fully saturated rings. The summed E-state index contributed by atoms with van der Waals surface area (Å²) in [5.41, 5.74) is 2.17. The fraction of sp³-hybridized carbons (Fsp3) is 0.222. The molecule has 4 aromatic rings. The van der Waals surface area contributed by atoms with E-state index in [1.165, 1.54) is 22.2 Å². The molecular weight excluding hydrogens is 402 g/mol. The minimum atomic E-state index is 0.511. The lowest BCUT2D eigenvalue weighted by atomic mass is 10.2. The van der Waals surface area contributed by atoms with Crippen LogP contribution in [0.4, 0.5) is 0 Å². The van der Waals surface area contributed by atoms with Gasteiger partial charge in [-0.05, 0) is 43.2 Å². The van der Waals surface area contributed by atoms with Crippen molar-refractivity contribution in [1.29, 1.82) is 0 Å². The number of nitrogens with zero attached hydrogens (tertiary/aromatic N) is 5. The van der Waals surface area contributed by atoms with Crippen LogP contribution in [0.5, 0.6) is 0 Å². The molecule has 0 bridgehead atoms. The summed E-state index contributed by atoms with van der Waals surface area (Å²) >= 11 is 9.26. The van der Waals surface area contributed by atoms with Crippen LogP contribution in [0, 0.1) is 6.92 Å². The summed E-state index contributed by atoms with van der Waals surface area (Å²) in [4.78, 5) is 2.35. The van der Waals surface area contributed by atoms with E-state index in [2.05, 4.69) is 40.3 Å². The first-order valence-electron chi connectivity index (χ1n) is 8.35. The Labute approximate surface area is 169 Å². The van der Waals surface area contributed by atoms with Gasteiger partial charge in [0.15, 0.2) is 5.16 Å². The van der Waals surface area contributed by atoms with E-state index in [1.807, 2.05) is 28.8 Å². The summed E-state index contributed by atoms with van der Waals surface area (Å²) in [6.07, 6.45) is 2.67. The van der Waals surface area contributed by atoms with E-state index in [0.717, 1.165) is 22.1 Å². The second-order valence-corrected chi connectivity index (χ2v) is 8.34. The molecule has 3 heterocycles. The molecule has 0 spiro atoms. The van der Waals surface area contributed by atoms with Crippen LogP contribution >= 0.6 is 34.7 Å². The predicted octanol–water partition coefficient (Wildman–Crippen LogP) is 5.20. The minimum absolute atomic E-state index is 0.511. The highest BCUT2D eigenvalue weighted by molar-refractivity contribution is 7.98. The van der Waals surface area contributed by atoms with E-state index in [-0.39, 0.29) is 0 Å². The highest BCUT2D eigenvalue weighted by Gasteiger charge is 2.15. The Kier molecular flexibility index (Phi) is 5.29. The second kappa shape index (κ2) is 7.84. The second-order valence-electron chi connectivity index (χ2n) is 5.82. The van der Waals surface area contributed by atoms with Crippen molar-refractivity contribution >= 4 is 34.7 Å². The minimum Gasteiger partial charge on any atom is -0.419 e. The van der Waals surface area contributed by atoms with Crippen molar-refractivity contribution in [3.8, 4) is 16.5 Å². The fourth-order valence-electron chi connectivity index (χ4n) is 2.64. The molecule has 0 aliphatic rings. The Morgan fingerprint density at radius 2 is 2.11 bits per heavy atom. The molecule has 6 nitrogen and oxygen atoms in total. The number of hydrogen-bond donors (Lipinski definition) is 0. The maximum atomic E-state index is 6.08. The van der Waals surface area contributed by atoms with E-state index >= 15 is 0 Å². The lowest BCUT2D eigenvalue weighted by Crippen LogP contribution is -1.95. The van der Waals surface area contributed by atoms with Crippen molar-refractivity contribution in [2.45, 2.75) is 31.2 Å². The summed E-state index contributed by atoms with van der Waals surface area (Å²) in [6, 6.07) is 9.64. The van der Waals surface area contributed by atoms with Gasteiger partial charge in [-0.15, -0.1) is 31.7 Å². The van der Waals surface area contributed by atoms with Crippen LogP contribution in [0.1, 0.15) is 23.3 Å². The molecule has 0 aliphatic heterocycles. The third kappa shape index (κ3) is 3.92. The fourth-order valence-corrected chi connectivity index (χ4v) is 4.63.